The molecule has 0 atom stereocenters. The summed E-state index contributed by atoms with van der Waals surface area (Å²) >= 11 is 6.16. The van der Waals surface area contributed by atoms with Gasteiger partial charge >= 0.3 is 6.18 Å². The summed E-state index contributed by atoms with van der Waals surface area (Å²) in [6.07, 6.45) is -1.72. The van der Waals surface area contributed by atoms with Gasteiger partial charge < -0.3 is 4.74 Å². The fraction of sp³-hybridized carbons (Fsp3) is 0.133. The van der Waals surface area contributed by atoms with E-state index in [-0.39, 0.29) is 5.75 Å². The molecule has 24 heavy (non-hydrogen) atoms. The van der Waals surface area contributed by atoms with Crippen molar-refractivity contribution < 1.29 is 17.9 Å². The van der Waals surface area contributed by atoms with Gasteiger partial charge in [0, 0.05) is 0 Å². The zero-order chi connectivity index (χ0) is 17.2. The lowest BCUT2D eigenvalue weighted by Gasteiger charge is -2.10. The molecule has 0 aliphatic heterocycles. The van der Waals surface area contributed by atoms with E-state index in [2.05, 4.69) is 19.9 Å². The minimum Gasteiger partial charge on any atom is -0.483 e. The second-order valence-corrected chi connectivity index (χ2v) is 5.17. The van der Waals surface area contributed by atoms with E-state index in [1.54, 1.807) is 22.8 Å². The third-order valence-electron chi connectivity index (χ3n) is 3.03. The molecular weight excluding hydrogens is 345 g/mol. The number of alkyl halides is 3. The van der Waals surface area contributed by atoms with E-state index in [4.69, 9.17) is 11.6 Å². The predicted octanol–water partition coefficient (Wildman–Crippen LogP) is 3.92. The number of hydrogen-bond acceptors (Lipinski definition) is 4. The van der Waals surface area contributed by atoms with Gasteiger partial charge in [-0.1, -0.05) is 23.7 Å². The van der Waals surface area contributed by atoms with Gasteiger partial charge in [0.2, 0.25) is 0 Å². The molecule has 0 fully saturated rings. The Bertz CT molecular complexity index is 833. The Morgan fingerprint density at radius 2 is 1.92 bits per heavy atom. The van der Waals surface area contributed by atoms with Crippen molar-refractivity contribution in [1.29, 1.82) is 0 Å². The highest BCUT2D eigenvalue weighted by atomic mass is 35.5. The molecule has 0 radical (unpaired) electrons. The molecule has 9 heteroatoms. The summed E-state index contributed by atoms with van der Waals surface area (Å²) in [6.45, 7) is -1.37. The van der Waals surface area contributed by atoms with Gasteiger partial charge in [0.15, 0.2) is 12.4 Å². The van der Waals surface area contributed by atoms with E-state index in [1.165, 1.54) is 24.7 Å². The molecule has 0 unspecified atom stereocenters. The third kappa shape index (κ3) is 3.65. The van der Waals surface area contributed by atoms with Gasteiger partial charge in [-0.3, -0.25) is 4.57 Å². The summed E-state index contributed by atoms with van der Waals surface area (Å²) in [7, 11) is 0. The molecule has 1 aromatic carbocycles. The monoisotopic (exact) mass is 354 g/mol. The Morgan fingerprint density at radius 3 is 2.58 bits per heavy atom. The Hall–Kier alpha value is -2.61. The molecule has 3 aromatic rings. The first kappa shape index (κ1) is 16.3. The number of pyridine rings is 1. The first-order valence-electron chi connectivity index (χ1n) is 6.75. The van der Waals surface area contributed by atoms with Gasteiger partial charge in [0.25, 0.3) is 0 Å². The second kappa shape index (κ2) is 6.48. The maximum Gasteiger partial charge on any atom is 0.422 e. The van der Waals surface area contributed by atoms with Crippen LogP contribution in [0.2, 0.25) is 5.02 Å². The summed E-state index contributed by atoms with van der Waals surface area (Å²) < 4.78 is 42.7. The van der Waals surface area contributed by atoms with E-state index in [0.29, 0.717) is 22.2 Å². The Morgan fingerprint density at radius 1 is 1.12 bits per heavy atom. The van der Waals surface area contributed by atoms with Crippen molar-refractivity contribution in [2.45, 2.75) is 6.18 Å². The molecule has 0 N–H and O–H groups in total. The van der Waals surface area contributed by atoms with Crippen LogP contribution in [-0.2, 0) is 0 Å². The molecule has 0 bridgehead atoms. The SMILES string of the molecule is FC(F)(F)COc1ccc(-c2nncn2-c2ccccc2Cl)nc1. The van der Waals surface area contributed by atoms with Crippen molar-refractivity contribution in [3.63, 3.8) is 0 Å². The molecule has 2 heterocycles. The van der Waals surface area contributed by atoms with Crippen molar-refractivity contribution in [3.8, 4) is 23.0 Å². The van der Waals surface area contributed by atoms with E-state index < -0.39 is 12.8 Å². The van der Waals surface area contributed by atoms with Gasteiger partial charge in [0.05, 0.1) is 16.9 Å². The third-order valence-corrected chi connectivity index (χ3v) is 3.35. The molecule has 0 saturated heterocycles. The van der Waals surface area contributed by atoms with Gasteiger partial charge in [-0.15, -0.1) is 10.2 Å². The van der Waals surface area contributed by atoms with Crippen molar-refractivity contribution >= 4 is 11.6 Å². The van der Waals surface area contributed by atoms with E-state index in [9.17, 15) is 13.2 Å². The highest BCUT2D eigenvalue weighted by Crippen LogP contribution is 2.25. The number of para-hydroxylation sites is 1. The molecule has 3 rings (SSSR count). The topological polar surface area (TPSA) is 52.8 Å². The minimum atomic E-state index is -4.40. The number of ether oxygens (including phenoxy) is 1. The van der Waals surface area contributed by atoms with E-state index in [1.807, 2.05) is 6.07 Å². The zero-order valence-electron chi connectivity index (χ0n) is 12.0. The smallest absolute Gasteiger partial charge is 0.422 e. The average molecular weight is 355 g/mol. The molecular formula is C15H10ClF3N4O. The van der Waals surface area contributed by atoms with Crippen LogP contribution in [0.3, 0.4) is 0 Å². The number of hydrogen-bond donors (Lipinski definition) is 0. The van der Waals surface area contributed by atoms with Crippen LogP contribution in [0.1, 0.15) is 0 Å². The normalized spacial score (nSPS) is 11.5. The molecule has 5 nitrogen and oxygen atoms in total. The van der Waals surface area contributed by atoms with Gasteiger partial charge in [-0.05, 0) is 24.3 Å². The van der Waals surface area contributed by atoms with Crippen molar-refractivity contribution in [2.75, 3.05) is 6.61 Å². The van der Waals surface area contributed by atoms with Crippen LogP contribution in [0.15, 0.2) is 48.9 Å². The molecule has 0 amide bonds. The van der Waals surface area contributed by atoms with Crippen LogP contribution in [-0.4, -0.2) is 32.5 Å². The molecule has 124 valence electrons. The molecule has 0 aliphatic rings. The van der Waals surface area contributed by atoms with Crippen molar-refractivity contribution in [2.24, 2.45) is 0 Å². The fourth-order valence-electron chi connectivity index (χ4n) is 2.00. The Labute approximate surface area is 139 Å². The number of rotatable bonds is 4. The molecule has 0 aliphatic carbocycles. The molecule has 0 saturated carbocycles. The van der Waals surface area contributed by atoms with Gasteiger partial charge in [-0.2, -0.15) is 13.2 Å². The van der Waals surface area contributed by atoms with E-state index >= 15 is 0 Å². The highest BCUT2D eigenvalue weighted by molar-refractivity contribution is 6.32. The molecule has 0 spiro atoms. The average Bonchev–Trinajstić information content (AvgIpc) is 3.02. The van der Waals surface area contributed by atoms with Gasteiger partial charge in [-0.25, -0.2) is 4.98 Å². The first-order valence-corrected chi connectivity index (χ1v) is 7.13. The highest BCUT2D eigenvalue weighted by Gasteiger charge is 2.28. The van der Waals surface area contributed by atoms with Crippen molar-refractivity contribution in [1.82, 2.24) is 19.7 Å². The molecule has 2 aromatic heterocycles. The minimum absolute atomic E-state index is 0.0138. The van der Waals surface area contributed by atoms with Crippen LogP contribution in [0.4, 0.5) is 13.2 Å². The van der Waals surface area contributed by atoms with Crippen LogP contribution in [0, 0.1) is 0 Å². The fourth-order valence-corrected chi connectivity index (χ4v) is 2.22. The van der Waals surface area contributed by atoms with E-state index in [0.717, 1.165) is 0 Å². The summed E-state index contributed by atoms with van der Waals surface area (Å²) in [6, 6.07) is 10.0. The van der Waals surface area contributed by atoms with Crippen LogP contribution in [0.25, 0.3) is 17.2 Å². The Kier molecular flexibility index (Phi) is 4.39. The van der Waals surface area contributed by atoms with Crippen LogP contribution < -0.4 is 4.74 Å². The van der Waals surface area contributed by atoms with Crippen LogP contribution >= 0.6 is 11.6 Å². The van der Waals surface area contributed by atoms with Crippen LogP contribution in [0.5, 0.6) is 5.75 Å². The summed E-state index contributed by atoms with van der Waals surface area (Å²) in [5.41, 5.74) is 1.09. The summed E-state index contributed by atoms with van der Waals surface area (Å²) in [5, 5.41) is 8.33. The summed E-state index contributed by atoms with van der Waals surface area (Å²) in [4.78, 5) is 4.08. The largest absolute Gasteiger partial charge is 0.483 e. The maximum absolute atomic E-state index is 12.1. The number of aromatic nitrogens is 4. The van der Waals surface area contributed by atoms with Gasteiger partial charge in [0.1, 0.15) is 17.8 Å². The summed E-state index contributed by atoms with van der Waals surface area (Å²) in [5.74, 6) is 0.422. The first-order chi connectivity index (χ1) is 11.4. The lowest BCUT2D eigenvalue weighted by molar-refractivity contribution is -0.153. The standard InChI is InChI=1S/C15H10ClF3N4O/c16-11-3-1-2-4-13(11)23-9-21-22-14(23)12-6-5-10(7-20-12)24-8-15(17,18)19/h1-7,9H,8H2. The second-order valence-electron chi connectivity index (χ2n) is 4.76. The lowest BCUT2D eigenvalue weighted by Crippen LogP contribution is -2.19. The maximum atomic E-state index is 12.1. The number of halogens is 4. The quantitative estimate of drug-likeness (QED) is 0.712. The number of nitrogens with zero attached hydrogens (tertiary/aromatic N) is 4. The number of benzene rings is 1. The van der Waals surface area contributed by atoms with Crippen molar-refractivity contribution in [3.05, 3.63) is 53.9 Å². The Balaban J connectivity index is 1.86. The lowest BCUT2D eigenvalue weighted by atomic mass is 10.3. The zero-order valence-corrected chi connectivity index (χ0v) is 12.8. The predicted molar refractivity (Wildman–Crippen MR) is 81.2 cm³/mol.